The zero-order valence-corrected chi connectivity index (χ0v) is 10.5. The van der Waals surface area contributed by atoms with Crippen LogP contribution in [0.3, 0.4) is 0 Å². The summed E-state index contributed by atoms with van der Waals surface area (Å²) in [5, 5.41) is 3.08. The smallest absolute Gasteiger partial charge is 0.213 e. The van der Waals surface area contributed by atoms with E-state index in [0.717, 1.165) is 10.7 Å². The number of hydrogen-bond donors (Lipinski definition) is 0. The van der Waals surface area contributed by atoms with E-state index in [1.807, 2.05) is 5.38 Å². The third-order valence-electron chi connectivity index (χ3n) is 2.15. The van der Waals surface area contributed by atoms with Gasteiger partial charge in [0.1, 0.15) is 12.4 Å². The number of ether oxygens (including phenoxy) is 1. The molecule has 0 aliphatic carbocycles. The summed E-state index contributed by atoms with van der Waals surface area (Å²) in [6.45, 7) is 4.59. The Balaban J connectivity index is 1.95. The van der Waals surface area contributed by atoms with Crippen molar-refractivity contribution >= 4 is 11.3 Å². The van der Waals surface area contributed by atoms with Crippen molar-refractivity contribution in [2.24, 2.45) is 0 Å². The van der Waals surface area contributed by atoms with Crippen molar-refractivity contribution in [3.63, 3.8) is 0 Å². The summed E-state index contributed by atoms with van der Waals surface area (Å²) >= 11 is 1.63. The highest BCUT2D eigenvalue weighted by Crippen LogP contribution is 2.20. The van der Waals surface area contributed by atoms with E-state index in [-0.39, 0.29) is 0 Å². The van der Waals surface area contributed by atoms with Crippen LogP contribution in [0.15, 0.2) is 23.7 Å². The zero-order valence-electron chi connectivity index (χ0n) is 9.68. The van der Waals surface area contributed by atoms with E-state index in [1.54, 1.807) is 17.4 Å². The number of pyridine rings is 1. The standard InChI is InChI=1S/C12H13FN2OS/c1-8(2)12-15-9(7-17-12)6-16-10-3-4-11(13)14-5-10/h3-5,7-8H,6H2,1-2H3. The molecule has 2 aromatic rings. The fourth-order valence-electron chi connectivity index (χ4n) is 1.26. The van der Waals surface area contributed by atoms with Crippen LogP contribution >= 0.6 is 11.3 Å². The van der Waals surface area contributed by atoms with Gasteiger partial charge in [-0.25, -0.2) is 9.97 Å². The predicted octanol–water partition coefficient (Wildman–Crippen LogP) is 3.38. The van der Waals surface area contributed by atoms with Crippen LogP contribution in [-0.4, -0.2) is 9.97 Å². The Morgan fingerprint density at radius 3 is 2.82 bits per heavy atom. The normalized spacial score (nSPS) is 10.8. The Labute approximate surface area is 103 Å². The van der Waals surface area contributed by atoms with Gasteiger partial charge in [-0.3, -0.25) is 0 Å². The molecule has 0 atom stereocenters. The van der Waals surface area contributed by atoms with Crippen LogP contribution in [0.4, 0.5) is 4.39 Å². The molecule has 0 amide bonds. The van der Waals surface area contributed by atoms with E-state index >= 15 is 0 Å². The van der Waals surface area contributed by atoms with Gasteiger partial charge in [-0.2, -0.15) is 4.39 Å². The van der Waals surface area contributed by atoms with E-state index < -0.39 is 5.95 Å². The molecule has 2 heterocycles. The molecule has 2 rings (SSSR count). The Bertz CT molecular complexity index is 482. The SMILES string of the molecule is CC(C)c1nc(COc2ccc(F)nc2)cs1. The van der Waals surface area contributed by atoms with Gasteiger partial charge in [-0.15, -0.1) is 11.3 Å². The van der Waals surface area contributed by atoms with Crippen LogP contribution in [0.1, 0.15) is 30.5 Å². The molecule has 0 aromatic carbocycles. The number of rotatable bonds is 4. The number of nitrogens with zero attached hydrogens (tertiary/aromatic N) is 2. The number of thiazole rings is 1. The molecule has 0 bridgehead atoms. The predicted molar refractivity (Wildman–Crippen MR) is 64.7 cm³/mol. The monoisotopic (exact) mass is 252 g/mol. The summed E-state index contributed by atoms with van der Waals surface area (Å²) in [4.78, 5) is 7.96. The van der Waals surface area contributed by atoms with E-state index in [9.17, 15) is 4.39 Å². The van der Waals surface area contributed by atoms with E-state index in [1.165, 1.54) is 12.3 Å². The van der Waals surface area contributed by atoms with Crippen molar-refractivity contribution in [1.82, 2.24) is 9.97 Å². The zero-order chi connectivity index (χ0) is 12.3. The highest BCUT2D eigenvalue weighted by Gasteiger charge is 2.06. The fourth-order valence-corrected chi connectivity index (χ4v) is 2.08. The number of halogens is 1. The molecule has 0 unspecified atom stereocenters. The second-order valence-electron chi connectivity index (χ2n) is 3.94. The lowest BCUT2D eigenvalue weighted by molar-refractivity contribution is 0.299. The Hall–Kier alpha value is -1.49. The van der Waals surface area contributed by atoms with Gasteiger partial charge in [0, 0.05) is 11.3 Å². The maximum Gasteiger partial charge on any atom is 0.213 e. The quantitative estimate of drug-likeness (QED) is 0.782. The van der Waals surface area contributed by atoms with Gasteiger partial charge < -0.3 is 4.74 Å². The molecule has 0 saturated carbocycles. The lowest BCUT2D eigenvalue weighted by Gasteiger charge is -2.03. The van der Waals surface area contributed by atoms with Crippen molar-refractivity contribution in [3.8, 4) is 5.75 Å². The Morgan fingerprint density at radius 2 is 2.24 bits per heavy atom. The van der Waals surface area contributed by atoms with Gasteiger partial charge in [-0.1, -0.05) is 13.8 Å². The first kappa shape index (κ1) is 12.0. The van der Waals surface area contributed by atoms with Crippen molar-refractivity contribution in [1.29, 1.82) is 0 Å². The Morgan fingerprint density at radius 1 is 1.41 bits per heavy atom. The first-order valence-corrected chi connectivity index (χ1v) is 6.22. The molecule has 0 radical (unpaired) electrons. The molecular formula is C12H13FN2OS. The molecule has 0 fully saturated rings. The summed E-state index contributed by atoms with van der Waals surface area (Å²) in [5.41, 5.74) is 0.892. The van der Waals surface area contributed by atoms with Gasteiger partial charge in [0.15, 0.2) is 0 Å². The molecule has 0 saturated heterocycles. The summed E-state index contributed by atoms with van der Waals surface area (Å²) in [6.07, 6.45) is 1.37. The van der Waals surface area contributed by atoms with Gasteiger partial charge in [0.25, 0.3) is 0 Å². The van der Waals surface area contributed by atoms with Crippen LogP contribution in [0.2, 0.25) is 0 Å². The first-order valence-electron chi connectivity index (χ1n) is 5.34. The topological polar surface area (TPSA) is 35.0 Å². The van der Waals surface area contributed by atoms with Crippen molar-refractivity contribution < 1.29 is 9.13 Å². The largest absolute Gasteiger partial charge is 0.486 e. The highest BCUT2D eigenvalue weighted by atomic mass is 32.1. The molecule has 0 aliphatic heterocycles. The molecule has 17 heavy (non-hydrogen) atoms. The second-order valence-corrected chi connectivity index (χ2v) is 4.83. The summed E-state index contributed by atoms with van der Waals surface area (Å²) < 4.78 is 18.0. The Kier molecular flexibility index (Phi) is 3.68. The van der Waals surface area contributed by atoms with E-state index in [4.69, 9.17) is 4.74 Å². The summed E-state index contributed by atoms with van der Waals surface area (Å²) in [5.74, 6) is 0.472. The van der Waals surface area contributed by atoms with Crippen LogP contribution in [0.5, 0.6) is 5.75 Å². The molecule has 3 nitrogen and oxygen atoms in total. The minimum atomic E-state index is -0.506. The van der Waals surface area contributed by atoms with Crippen LogP contribution in [0.25, 0.3) is 0 Å². The number of hydrogen-bond acceptors (Lipinski definition) is 4. The average molecular weight is 252 g/mol. The molecule has 2 aromatic heterocycles. The van der Waals surface area contributed by atoms with Gasteiger partial charge in [-0.05, 0) is 12.1 Å². The third kappa shape index (κ3) is 3.23. The van der Waals surface area contributed by atoms with Gasteiger partial charge in [0.2, 0.25) is 5.95 Å². The first-order chi connectivity index (χ1) is 8.15. The van der Waals surface area contributed by atoms with E-state index in [2.05, 4.69) is 23.8 Å². The van der Waals surface area contributed by atoms with Crippen LogP contribution in [-0.2, 0) is 6.61 Å². The molecule has 0 N–H and O–H groups in total. The lowest BCUT2D eigenvalue weighted by atomic mass is 10.2. The highest BCUT2D eigenvalue weighted by molar-refractivity contribution is 7.09. The summed E-state index contributed by atoms with van der Waals surface area (Å²) in [6, 6.07) is 2.83. The lowest BCUT2D eigenvalue weighted by Crippen LogP contribution is -1.97. The minimum Gasteiger partial charge on any atom is -0.486 e. The maximum atomic E-state index is 12.6. The molecular weight excluding hydrogens is 239 g/mol. The average Bonchev–Trinajstić information content (AvgIpc) is 2.77. The third-order valence-corrected chi connectivity index (χ3v) is 3.34. The second kappa shape index (κ2) is 5.23. The fraction of sp³-hybridized carbons (Fsp3) is 0.333. The van der Waals surface area contributed by atoms with Crippen LogP contribution in [0, 0.1) is 5.95 Å². The van der Waals surface area contributed by atoms with Crippen molar-refractivity contribution in [2.75, 3.05) is 0 Å². The van der Waals surface area contributed by atoms with Gasteiger partial charge in [0.05, 0.1) is 16.9 Å². The summed E-state index contributed by atoms with van der Waals surface area (Å²) in [7, 11) is 0. The molecule has 0 aliphatic rings. The minimum absolute atomic E-state index is 0.385. The molecule has 90 valence electrons. The van der Waals surface area contributed by atoms with Crippen molar-refractivity contribution in [3.05, 3.63) is 40.4 Å². The van der Waals surface area contributed by atoms with Crippen molar-refractivity contribution in [2.45, 2.75) is 26.4 Å². The maximum absolute atomic E-state index is 12.6. The molecule has 5 heteroatoms. The van der Waals surface area contributed by atoms with E-state index in [0.29, 0.717) is 18.3 Å². The van der Waals surface area contributed by atoms with Crippen LogP contribution < -0.4 is 4.74 Å². The molecule has 0 spiro atoms. The van der Waals surface area contributed by atoms with Gasteiger partial charge >= 0.3 is 0 Å². The number of aromatic nitrogens is 2.